The second kappa shape index (κ2) is 65.9. The van der Waals surface area contributed by atoms with Crippen molar-refractivity contribution in [3.05, 3.63) is 48.6 Å². The van der Waals surface area contributed by atoms with E-state index in [9.17, 15) is 14.4 Å². The van der Waals surface area contributed by atoms with E-state index >= 15 is 0 Å². The van der Waals surface area contributed by atoms with Crippen LogP contribution in [0.4, 0.5) is 0 Å². The van der Waals surface area contributed by atoms with Crippen molar-refractivity contribution in [1.82, 2.24) is 0 Å². The van der Waals surface area contributed by atoms with Gasteiger partial charge in [0.15, 0.2) is 6.10 Å². The van der Waals surface area contributed by atoms with E-state index in [0.29, 0.717) is 19.3 Å². The van der Waals surface area contributed by atoms with Gasteiger partial charge in [-0.3, -0.25) is 14.4 Å². The van der Waals surface area contributed by atoms with Gasteiger partial charge in [0.05, 0.1) is 0 Å². The van der Waals surface area contributed by atoms with Gasteiger partial charge in [0, 0.05) is 19.3 Å². The van der Waals surface area contributed by atoms with Crippen LogP contribution in [0.5, 0.6) is 0 Å². The molecule has 1 atom stereocenters. The second-order valence-electron chi connectivity index (χ2n) is 23.1. The summed E-state index contributed by atoms with van der Waals surface area (Å²) in [4.78, 5) is 38.0. The average Bonchev–Trinajstić information content (AvgIpc) is 3.43. The lowest BCUT2D eigenvalue weighted by atomic mass is 10.0. The van der Waals surface area contributed by atoms with Gasteiger partial charge in [-0.2, -0.15) is 0 Å². The number of allylic oxidation sites excluding steroid dienone is 8. The summed E-state index contributed by atoms with van der Waals surface area (Å²) in [5, 5.41) is 0. The van der Waals surface area contributed by atoms with Crippen LogP contribution in [0.25, 0.3) is 0 Å². The number of rotatable bonds is 63. The molecule has 0 saturated heterocycles. The largest absolute Gasteiger partial charge is 0.462 e. The van der Waals surface area contributed by atoms with E-state index in [2.05, 4.69) is 69.4 Å². The second-order valence-corrected chi connectivity index (χ2v) is 23.1. The highest BCUT2D eigenvalue weighted by Crippen LogP contribution is 2.18. The predicted octanol–water partition coefficient (Wildman–Crippen LogP) is 23.3. The summed E-state index contributed by atoms with van der Waals surface area (Å²) in [5.41, 5.74) is 0. The molecule has 0 aliphatic heterocycles. The van der Waals surface area contributed by atoms with Gasteiger partial charge in [-0.1, -0.05) is 313 Å². The Morgan fingerprint density at radius 3 is 0.740 bits per heavy atom. The Kier molecular flexibility index (Phi) is 63.6. The zero-order chi connectivity index (χ0) is 55.7. The maximum Gasteiger partial charge on any atom is 0.306 e. The van der Waals surface area contributed by atoms with Gasteiger partial charge in [-0.05, 0) is 83.5 Å². The lowest BCUT2D eigenvalue weighted by molar-refractivity contribution is -0.167. The van der Waals surface area contributed by atoms with Crippen molar-refractivity contribution in [2.24, 2.45) is 0 Å². The third-order valence-corrected chi connectivity index (χ3v) is 15.3. The van der Waals surface area contributed by atoms with E-state index < -0.39 is 6.10 Å². The first-order valence-corrected chi connectivity index (χ1v) is 34.1. The van der Waals surface area contributed by atoms with Crippen molar-refractivity contribution < 1.29 is 28.6 Å². The van der Waals surface area contributed by atoms with Crippen molar-refractivity contribution >= 4 is 17.9 Å². The Morgan fingerprint density at radius 2 is 0.468 bits per heavy atom. The first-order chi connectivity index (χ1) is 38.0. The van der Waals surface area contributed by atoms with Crippen molar-refractivity contribution in [3.63, 3.8) is 0 Å². The Labute approximate surface area is 479 Å². The minimum Gasteiger partial charge on any atom is -0.462 e. The van der Waals surface area contributed by atoms with Crippen molar-refractivity contribution in [2.75, 3.05) is 13.2 Å². The molecule has 0 saturated carbocycles. The summed E-state index contributed by atoms with van der Waals surface area (Å²) in [6, 6.07) is 0. The van der Waals surface area contributed by atoms with Crippen LogP contribution in [0.15, 0.2) is 48.6 Å². The lowest BCUT2D eigenvalue weighted by Crippen LogP contribution is -2.30. The minimum atomic E-state index is -0.771. The third-order valence-electron chi connectivity index (χ3n) is 15.3. The molecule has 0 radical (unpaired) electrons. The molecule has 0 bridgehead atoms. The first-order valence-electron chi connectivity index (χ1n) is 34.1. The fraction of sp³-hybridized carbons (Fsp3) is 0.845. The van der Waals surface area contributed by atoms with Gasteiger partial charge in [-0.15, -0.1) is 0 Å². The predicted molar refractivity (Wildman–Crippen MR) is 335 cm³/mol. The highest BCUT2D eigenvalue weighted by Gasteiger charge is 2.19. The Hall–Kier alpha value is -2.63. The average molecular weight is 1080 g/mol. The monoisotopic (exact) mass is 1080 g/mol. The molecule has 0 aliphatic rings. The zero-order valence-corrected chi connectivity index (χ0v) is 51.7. The van der Waals surface area contributed by atoms with Crippen molar-refractivity contribution in [2.45, 2.75) is 374 Å². The molecular formula is C71H130O6. The van der Waals surface area contributed by atoms with Crippen LogP contribution < -0.4 is 0 Å². The number of ether oxygens (including phenoxy) is 3. The van der Waals surface area contributed by atoms with Crippen LogP contribution in [0.2, 0.25) is 0 Å². The molecule has 0 N–H and O–H groups in total. The number of hydrogen-bond acceptors (Lipinski definition) is 6. The summed E-state index contributed by atoms with van der Waals surface area (Å²) >= 11 is 0. The summed E-state index contributed by atoms with van der Waals surface area (Å²) in [6.07, 6.45) is 83.3. The molecular weight excluding hydrogens is 949 g/mol. The van der Waals surface area contributed by atoms with Crippen LogP contribution in [-0.2, 0) is 28.6 Å². The Bertz CT molecular complexity index is 1330. The lowest BCUT2D eigenvalue weighted by Gasteiger charge is -2.18. The maximum absolute atomic E-state index is 12.8. The van der Waals surface area contributed by atoms with Gasteiger partial charge >= 0.3 is 17.9 Å². The van der Waals surface area contributed by atoms with Gasteiger partial charge in [0.2, 0.25) is 0 Å². The van der Waals surface area contributed by atoms with Crippen molar-refractivity contribution in [3.8, 4) is 0 Å². The zero-order valence-electron chi connectivity index (χ0n) is 51.7. The fourth-order valence-corrected chi connectivity index (χ4v) is 10.2. The fourth-order valence-electron chi connectivity index (χ4n) is 10.2. The topological polar surface area (TPSA) is 78.9 Å². The molecule has 0 spiro atoms. The van der Waals surface area contributed by atoms with Gasteiger partial charge in [0.25, 0.3) is 0 Å². The quantitative estimate of drug-likeness (QED) is 0.0261. The summed E-state index contributed by atoms with van der Waals surface area (Å²) in [6.45, 7) is 6.59. The van der Waals surface area contributed by atoms with Crippen LogP contribution in [0.3, 0.4) is 0 Å². The molecule has 0 heterocycles. The maximum atomic E-state index is 12.8. The van der Waals surface area contributed by atoms with E-state index in [1.54, 1.807) is 0 Å². The van der Waals surface area contributed by atoms with E-state index in [4.69, 9.17) is 14.2 Å². The number of unbranched alkanes of at least 4 members (excludes halogenated alkanes) is 44. The minimum absolute atomic E-state index is 0.0714. The summed E-state index contributed by atoms with van der Waals surface area (Å²) < 4.78 is 16.8. The molecule has 6 heteroatoms. The van der Waals surface area contributed by atoms with E-state index in [0.717, 1.165) is 77.0 Å². The van der Waals surface area contributed by atoms with Crippen LogP contribution in [0.1, 0.15) is 367 Å². The Morgan fingerprint density at radius 1 is 0.260 bits per heavy atom. The smallest absolute Gasteiger partial charge is 0.306 e. The number of carbonyl (C=O) groups is 3. The molecule has 0 rings (SSSR count). The molecule has 0 aromatic rings. The van der Waals surface area contributed by atoms with Gasteiger partial charge in [-0.25, -0.2) is 0 Å². The van der Waals surface area contributed by atoms with Crippen LogP contribution >= 0.6 is 0 Å². The van der Waals surface area contributed by atoms with Crippen molar-refractivity contribution in [1.29, 1.82) is 0 Å². The normalized spacial score (nSPS) is 12.3. The van der Waals surface area contributed by atoms with E-state index in [1.165, 1.54) is 250 Å². The van der Waals surface area contributed by atoms with E-state index in [1.807, 2.05) is 0 Å². The van der Waals surface area contributed by atoms with Gasteiger partial charge < -0.3 is 14.2 Å². The summed E-state index contributed by atoms with van der Waals surface area (Å²) in [5.74, 6) is -0.870. The molecule has 0 fully saturated rings. The molecule has 0 amide bonds. The standard InChI is InChI=1S/C71H130O6/c1-4-7-10-13-15-17-19-21-23-25-27-29-31-33-34-35-36-38-39-41-43-45-47-49-51-53-55-58-61-64-70(73)76-67-68(66-75-69(72)63-60-57-12-9-6-3)77-71(74)65-62-59-56-54-52-50-48-46-44-42-40-37-32-30-28-26-24-22-20-18-16-14-11-8-5-2/h20,22,25-28,32,37,68H,4-19,21,23-24,29-31,33-36,38-67H2,1-3H3/b22-20-,27-25-,28-26-,37-32-. The third kappa shape index (κ3) is 64.1. The Balaban J connectivity index is 3.97. The van der Waals surface area contributed by atoms with Crippen LogP contribution in [0, 0.1) is 0 Å². The number of carbonyl (C=O) groups excluding carboxylic acids is 3. The molecule has 1 unspecified atom stereocenters. The number of esters is 3. The molecule has 0 aromatic carbocycles. The molecule has 77 heavy (non-hydrogen) atoms. The molecule has 450 valence electrons. The number of hydrogen-bond donors (Lipinski definition) is 0. The molecule has 6 nitrogen and oxygen atoms in total. The highest BCUT2D eigenvalue weighted by atomic mass is 16.6. The van der Waals surface area contributed by atoms with Gasteiger partial charge in [0.1, 0.15) is 13.2 Å². The highest BCUT2D eigenvalue weighted by molar-refractivity contribution is 5.71. The van der Waals surface area contributed by atoms with E-state index in [-0.39, 0.29) is 31.1 Å². The summed E-state index contributed by atoms with van der Waals surface area (Å²) in [7, 11) is 0. The molecule has 0 aliphatic carbocycles. The SMILES string of the molecule is CCCCCCC/C=C\C/C=C\C/C=C\CCCCCCCCCCCCC(=O)OC(COC(=O)CCCCCCC)COC(=O)CCCCCCCCCCCCCCCCCCC/C=C\CCCCCCCCCC. The first kappa shape index (κ1) is 74.4. The molecule has 0 aromatic heterocycles. The van der Waals surface area contributed by atoms with Crippen LogP contribution in [-0.4, -0.2) is 37.2 Å².